The molecule has 4 aliphatic carbocycles. The van der Waals surface area contributed by atoms with Crippen molar-refractivity contribution in [3.63, 3.8) is 0 Å². The van der Waals surface area contributed by atoms with E-state index >= 15 is 0 Å². The van der Waals surface area contributed by atoms with E-state index in [9.17, 15) is 0 Å². The van der Waals surface area contributed by atoms with Crippen LogP contribution in [0.1, 0.15) is 119 Å². The van der Waals surface area contributed by atoms with E-state index in [-0.39, 0.29) is 0 Å². The summed E-state index contributed by atoms with van der Waals surface area (Å²) in [5.74, 6) is 8.06. The van der Waals surface area contributed by atoms with E-state index in [1.165, 1.54) is 32.1 Å². The van der Waals surface area contributed by atoms with Gasteiger partial charge in [0.25, 0.3) is 0 Å². The van der Waals surface area contributed by atoms with Crippen molar-refractivity contribution in [2.24, 2.45) is 58.2 Å². The third-order valence-corrected chi connectivity index (χ3v) is 11.2. The van der Waals surface area contributed by atoms with Gasteiger partial charge in [0, 0.05) is 0 Å². The average molecular weight is 387 g/mol. The van der Waals surface area contributed by atoms with Crippen molar-refractivity contribution in [2.75, 3.05) is 0 Å². The molecule has 0 amide bonds. The van der Waals surface area contributed by atoms with Gasteiger partial charge in [0.05, 0.1) is 0 Å². The zero-order valence-electron chi connectivity index (χ0n) is 20.1. The maximum atomic E-state index is 2.75. The summed E-state index contributed by atoms with van der Waals surface area (Å²) in [6, 6.07) is 0. The Balaban J connectivity index is 1.47. The second-order valence-corrected chi connectivity index (χ2v) is 13.0. The van der Waals surface area contributed by atoms with Gasteiger partial charge in [-0.25, -0.2) is 0 Å². The summed E-state index contributed by atoms with van der Waals surface area (Å²) in [6.45, 7) is 15.5. The van der Waals surface area contributed by atoms with Gasteiger partial charge < -0.3 is 0 Å². The molecule has 0 aromatic heterocycles. The minimum absolute atomic E-state index is 0.669. The Morgan fingerprint density at radius 2 is 1.46 bits per heavy atom. The molecule has 0 radical (unpaired) electrons. The van der Waals surface area contributed by atoms with E-state index in [2.05, 4.69) is 41.5 Å². The molecule has 0 N–H and O–H groups in total. The molecular formula is C28H50. The first-order valence-corrected chi connectivity index (χ1v) is 13.3. The average Bonchev–Trinajstić information content (AvgIpc) is 2.98. The molecule has 0 bridgehead atoms. The minimum atomic E-state index is 0.669. The molecule has 0 heterocycles. The van der Waals surface area contributed by atoms with Crippen LogP contribution >= 0.6 is 0 Å². The van der Waals surface area contributed by atoms with Crippen molar-refractivity contribution in [3.05, 3.63) is 0 Å². The van der Waals surface area contributed by atoms with Crippen molar-refractivity contribution in [3.8, 4) is 0 Å². The van der Waals surface area contributed by atoms with E-state index in [1.54, 1.807) is 44.9 Å². The van der Waals surface area contributed by atoms with E-state index in [0.717, 1.165) is 47.3 Å². The van der Waals surface area contributed by atoms with Crippen LogP contribution in [-0.4, -0.2) is 0 Å². The van der Waals surface area contributed by atoms with Gasteiger partial charge in [-0.05, 0) is 103 Å². The van der Waals surface area contributed by atoms with Crippen molar-refractivity contribution in [1.82, 2.24) is 0 Å². The molecule has 162 valence electrons. The summed E-state index contributed by atoms with van der Waals surface area (Å²) in [6.07, 6.45) is 18.3. The van der Waals surface area contributed by atoms with Gasteiger partial charge in [-0.3, -0.25) is 0 Å². The van der Waals surface area contributed by atoms with Gasteiger partial charge in [-0.2, -0.15) is 0 Å². The lowest BCUT2D eigenvalue weighted by Gasteiger charge is -2.62. The highest BCUT2D eigenvalue weighted by atomic mass is 14.7. The molecule has 9 atom stereocenters. The summed E-state index contributed by atoms with van der Waals surface area (Å²) in [5.41, 5.74) is 1.35. The maximum Gasteiger partial charge on any atom is -0.0264 e. The van der Waals surface area contributed by atoms with Crippen LogP contribution in [0.3, 0.4) is 0 Å². The third kappa shape index (κ3) is 3.41. The monoisotopic (exact) mass is 386 g/mol. The van der Waals surface area contributed by atoms with Crippen molar-refractivity contribution < 1.29 is 0 Å². The quantitative estimate of drug-likeness (QED) is 0.443. The van der Waals surface area contributed by atoms with E-state index in [1.807, 2.05) is 0 Å². The smallest absolute Gasteiger partial charge is 0.0264 e. The topological polar surface area (TPSA) is 0 Å². The number of hydrogen-bond acceptors (Lipinski definition) is 0. The van der Waals surface area contributed by atoms with E-state index < -0.39 is 0 Å². The highest BCUT2D eigenvalue weighted by Gasteiger charge is 2.60. The molecule has 0 unspecified atom stereocenters. The Kier molecular flexibility index (Phi) is 6.01. The molecule has 0 spiro atoms. The standard InChI is InChI=1S/C28H50/c1-19(2)9-7-10-20(3)24-14-15-25-22-12-13-23-21(4)11-8-17-27(23,5)26(22)16-18-28(24,25)6/h19-26H,7-18H2,1-6H3/t20-,21+,22+,23+,24-,25+,26+,27+,28-/m1/s1. The predicted molar refractivity (Wildman–Crippen MR) is 122 cm³/mol. The maximum absolute atomic E-state index is 2.75. The van der Waals surface area contributed by atoms with Crippen LogP contribution in [0, 0.1) is 58.2 Å². The molecule has 4 aliphatic rings. The second kappa shape index (κ2) is 7.92. The Labute approximate surface area is 177 Å². The Bertz CT molecular complexity index is 534. The van der Waals surface area contributed by atoms with Crippen molar-refractivity contribution in [1.29, 1.82) is 0 Å². The van der Waals surface area contributed by atoms with Crippen LogP contribution in [0.5, 0.6) is 0 Å². The van der Waals surface area contributed by atoms with Crippen LogP contribution in [0.25, 0.3) is 0 Å². The van der Waals surface area contributed by atoms with Gasteiger partial charge in [0.2, 0.25) is 0 Å². The fourth-order valence-electron chi connectivity index (χ4n) is 9.82. The Hall–Kier alpha value is 0. The minimum Gasteiger partial charge on any atom is -0.0628 e. The first-order valence-electron chi connectivity index (χ1n) is 13.3. The van der Waals surface area contributed by atoms with Gasteiger partial charge in [-0.1, -0.05) is 73.6 Å². The summed E-state index contributed by atoms with van der Waals surface area (Å²) in [7, 11) is 0. The first-order chi connectivity index (χ1) is 13.3. The summed E-state index contributed by atoms with van der Waals surface area (Å²) in [5, 5.41) is 0. The Morgan fingerprint density at radius 3 is 2.21 bits per heavy atom. The van der Waals surface area contributed by atoms with Gasteiger partial charge in [0.15, 0.2) is 0 Å². The normalized spacial score (nSPS) is 49.4. The number of hydrogen-bond donors (Lipinski definition) is 0. The molecule has 0 saturated heterocycles. The van der Waals surface area contributed by atoms with E-state index in [0.29, 0.717) is 10.8 Å². The lowest BCUT2D eigenvalue weighted by atomic mass is 9.43. The van der Waals surface area contributed by atoms with Crippen LogP contribution < -0.4 is 0 Å². The highest BCUT2D eigenvalue weighted by molar-refractivity contribution is 5.09. The van der Waals surface area contributed by atoms with E-state index in [4.69, 9.17) is 0 Å². The molecule has 4 saturated carbocycles. The molecule has 28 heavy (non-hydrogen) atoms. The van der Waals surface area contributed by atoms with Crippen molar-refractivity contribution >= 4 is 0 Å². The van der Waals surface area contributed by atoms with Gasteiger partial charge in [-0.15, -0.1) is 0 Å². The molecule has 0 aliphatic heterocycles. The van der Waals surface area contributed by atoms with Crippen LogP contribution in [0.15, 0.2) is 0 Å². The lowest BCUT2D eigenvalue weighted by Crippen LogP contribution is -2.54. The number of fused-ring (bicyclic) bond motifs is 5. The third-order valence-electron chi connectivity index (χ3n) is 11.2. The largest absolute Gasteiger partial charge is 0.0628 e. The summed E-state index contributed by atoms with van der Waals surface area (Å²) < 4.78 is 0. The van der Waals surface area contributed by atoms with Crippen molar-refractivity contribution in [2.45, 2.75) is 119 Å². The highest BCUT2D eigenvalue weighted by Crippen LogP contribution is 2.68. The van der Waals surface area contributed by atoms with Crippen LogP contribution in [0.2, 0.25) is 0 Å². The molecule has 0 nitrogen and oxygen atoms in total. The SMILES string of the molecule is CC(C)CCC[C@@H](C)[C@H]1CC[C@H]2[C@@H]3CC[C@H]4[C@@H](C)CCC[C@]4(C)[C@H]3CC[C@]12C. The summed E-state index contributed by atoms with van der Waals surface area (Å²) >= 11 is 0. The van der Waals surface area contributed by atoms with Gasteiger partial charge in [0.1, 0.15) is 0 Å². The summed E-state index contributed by atoms with van der Waals surface area (Å²) in [4.78, 5) is 0. The zero-order valence-corrected chi connectivity index (χ0v) is 20.1. The molecular weight excluding hydrogens is 336 g/mol. The molecule has 0 aromatic carbocycles. The Morgan fingerprint density at radius 1 is 0.750 bits per heavy atom. The fourth-order valence-corrected chi connectivity index (χ4v) is 9.82. The second-order valence-electron chi connectivity index (χ2n) is 13.0. The number of rotatable bonds is 5. The van der Waals surface area contributed by atoms with Crippen LogP contribution in [0.4, 0.5) is 0 Å². The molecule has 4 rings (SSSR count). The molecule has 0 aromatic rings. The molecule has 0 heteroatoms. The fraction of sp³-hybridized carbons (Fsp3) is 1.00. The van der Waals surface area contributed by atoms with Gasteiger partial charge >= 0.3 is 0 Å². The zero-order chi connectivity index (χ0) is 20.1. The molecule has 4 fully saturated rings. The lowest BCUT2D eigenvalue weighted by molar-refractivity contribution is -0.127. The first kappa shape index (κ1) is 21.2. The van der Waals surface area contributed by atoms with Crippen LogP contribution in [-0.2, 0) is 0 Å². The predicted octanol–water partition coefficient (Wildman–Crippen LogP) is 8.74.